The van der Waals surface area contributed by atoms with Gasteiger partial charge in [-0.05, 0) is 50.9 Å². The highest BCUT2D eigenvalue weighted by molar-refractivity contribution is 7.15. The molecule has 0 amide bonds. The van der Waals surface area contributed by atoms with E-state index in [9.17, 15) is 9.18 Å². The normalized spacial score (nSPS) is 19.2. The lowest BCUT2D eigenvalue weighted by atomic mass is 10.1. The number of H-pyrrole nitrogens is 1. The molecule has 2 aromatic heterocycles. The molecule has 2 aromatic rings. The summed E-state index contributed by atoms with van der Waals surface area (Å²) in [5.74, 6) is 0. The molecule has 1 unspecified atom stereocenters. The number of alkyl halides is 1. The van der Waals surface area contributed by atoms with Crippen molar-refractivity contribution in [1.82, 2.24) is 9.88 Å². The molecule has 3 heterocycles. The summed E-state index contributed by atoms with van der Waals surface area (Å²) >= 11 is 1.73. The van der Waals surface area contributed by atoms with Crippen molar-refractivity contribution in [1.29, 1.82) is 0 Å². The van der Waals surface area contributed by atoms with Crippen molar-refractivity contribution < 1.29 is 4.39 Å². The van der Waals surface area contributed by atoms with Gasteiger partial charge in [-0.15, -0.1) is 11.3 Å². The molecule has 0 spiro atoms. The number of aromatic nitrogens is 1. The molecule has 5 heteroatoms. The van der Waals surface area contributed by atoms with E-state index in [1.165, 1.54) is 4.88 Å². The van der Waals surface area contributed by atoms with E-state index < -0.39 is 6.17 Å². The third-order valence-electron chi connectivity index (χ3n) is 4.45. The van der Waals surface area contributed by atoms with E-state index in [-0.39, 0.29) is 5.56 Å². The van der Waals surface area contributed by atoms with E-state index >= 15 is 0 Å². The number of halogens is 1. The van der Waals surface area contributed by atoms with Crippen LogP contribution in [0.25, 0.3) is 10.4 Å². The molecule has 0 bridgehead atoms. The van der Waals surface area contributed by atoms with Crippen LogP contribution in [0.15, 0.2) is 23.0 Å². The summed E-state index contributed by atoms with van der Waals surface area (Å²) in [7, 11) is 0. The van der Waals surface area contributed by atoms with Gasteiger partial charge >= 0.3 is 0 Å². The number of hydrogen-bond acceptors (Lipinski definition) is 3. The highest BCUT2D eigenvalue weighted by atomic mass is 32.1. The van der Waals surface area contributed by atoms with Crippen molar-refractivity contribution in [2.45, 2.75) is 45.8 Å². The van der Waals surface area contributed by atoms with Gasteiger partial charge in [-0.25, -0.2) is 4.39 Å². The van der Waals surface area contributed by atoms with Gasteiger partial charge in [0.05, 0.1) is 0 Å². The first-order chi connectivity index (χ1) is 11.1. The van der Waals surface area contributed by atoms with Gasteiger partial charge in [-0.2, -0.15) is 0 Å². The zero-order valence-electron chi connectivity index (χ0n) is 13.7. The zero-order valence-corrected chi connectivity index (χ0v) is 14.5. The molecular formula is C18H23FN2OS. The Balaban J connectivity index is 1.80. The van der Waals surface area contributed by atoms with Gasteiger partial charge in [0.15, 0.2) is 0 Å². The van der Waals surface area contributed by atoms with Gasteiger partial charge in [0.2, 0.25) is 0 Å². The largest absolute Gasteiger partial charge is 0.326 e. The van der Waals surface area contributed by atoms with Crippen LogP contribution in [0.2, 0.25) is 0 Å². The van der Waals surface area contributed by atoms with Gasteiger partial charge in [0, 0.05) is 39.7 Å². The molecule has 3 rings (SSSR count). The number of aromatic amines is 1. The standard InChI is InChI=1S/C18H23FN2OS/c1-3-13-9-16(12(2)20-18(13)22)17-7-6-15(23-17)11-21-8-4-5-14(19)10-21/h6-7,9,14H,3-5,8,10-11H2,1-2H3,(H,20,22). The van der Waals surface area contributed by atoms with Gasteiger partial charge in [-0.1, -0.05) is 6.92 Å². The van der Waals surface area contributed by atoms with Crippen LogP contribution in [0, 0.1) is 6.92 Å². The van der Waals surface area contributed by atoms with E-state index in [0.717, 1.165) is 47.6 Å². The average molecular weight is 334 g/mol. The monoisotopic (exact) mass is 334 g/mol. The van der Waals surface area contributed by atoms with Crippen LogP contribution in [0.5, 0.6) is 0 Å². The summed E-state index contributed by atoms with van der Waals surface area (Å²) in [5.41, 5.74) is 2.83. The lowest BCUT2D eigenvalue weighted by molar-refractivity contribution is 0.134. The number of hydrogen-bond donors (Lipinski definition) is 1. The first-order valence-corrected chi connectivity index (χ1v) is 9.06. The van der Waals surface area contributed by atoms with E-state index in [1.54, 1.807) is 11.3 Å². The number of aryl methyl sites for hydroxylation is 2. The lowest BCUT2D eigenvalue weighted by Crippen LogP contribution is -2.35. The van der Waals surface area contributed by atoms with Crippen LogP contribution >= 0.6 is 11.3 Å². The first kappa shape index (κ1) is 16.4. The fraction of sp³-hybridized carbons (Fsp3) is 0.500. The van der Waals surface area contributed by atoms with Crippen LogP contribution in [0.4, 0.5) is 4.39 Å². The molecule has 0 saturated carbocycles. The third-order valence-corrected chi connectivity index (χ3v) is 5.55. The van der Waals surface area contributed by atoms with Gasteiger partial charge in [0.1, 0.15) is 6.17 Å². The predicted molar refractivity (Wildman–Crippen MR) is 93.9 cm³/mol. The van der Waals surface area contributed by atoms with Crippen molar-refractivity contribution in [3.63, 3.8) is 0 Å². The third kappa shape index (κ3) is 3.72. The Morgan fingerprint density at radius 3 is 3.00 bits per heavy atom. The van der Waals surface area contributed by atoms with Crippen molar-refractivity contribution in [2.75, 3.05) is 13.1 Å². The van der Waals surface area contributed by atoms with Crippen LogP contribution in [-0.4, -0.2) is 29.1 Å². The molecule has 1 aliphatic rings. The van der Waals surface area contributed by atoms with E-state index in [1.807, 2.05) is 19.9 Å². The maximum Gasteiger partial charge on any atom is 0.251 e. The summed E-state index contributed by atoms with van der Waals surface area (Å²) in [5, 5.41) is 0. The summed E-state index contributed by atoms with van der Waals surface area (Å²) in [4.78, 5) is 19.4. The Labute approximate surface area is 140 Å². The smallest absolute Gasteiger partial charge is 0.251 e. The molecule has 1 fully saturated rings. The summed E-state index contributed by atoms with van der Waals surface area (Å²) in [6.45, 7) is 6.27. The number of likely N-dealkylation sites (tertiary alicyclic amines) is 1. The van der Waals surface area contributed by atoms with Crippen molar-refractivity contribution in [2.24, 2.45) is 0 Å². The fourth-order valence-corrected chi connectivity index (χ4v) is 4.28. The van der Waals surface area contributed by atoms with Crippen molar-refractivity contribution in [3.05, 3.63) is 44.7 Å². The molecule has 1 saturated heterocycles. The quantitative estimate of drug-likeness (QED) is 0.920. The Bertz CT molecular complexity index is 737. The highest BCUT2D eigenvalue weighted by Crippen LogP contribution is 2.31. The number of nitrogens with one attached hydrogen (secondary N) is 1. The molecule has 0 aromatic carbocycles. The summed E-state index contributed by atoms with van der Waals surface area (Å²) in [6.07, 6.45) is 1.68. The molecule has 124 valence electrons. The van der Waals surface area contributed by atoms with E-state index in [2.05, 4.69) is 22.0 Å². The molecule has 0 radical (unpaired) electrons. The van der Waals surface area contributed by atoms with Crippen LogP contribution in [0.1, 0.15) is 35.9 Å². The maximum atomic E-state index is 13.5. The van der Waals surface area contributed by atoms with E-state index in [0.29, 0.717) is 13.0 Å². The molecule has 23 heavy (non-hydrogen) atoms. The number of piperidine rings is 1. The minimum absolute atomic E-state index is 0.00725. The lowest BCUT2D eigenvalue weighted by Gasteiger charge is -2.28. The van der Waals surface area contributed by atoms with Gasteiger partial charge in [-0.3, -0.25) is 9.69 Å². The maximum absolute atomic E-state index is 13.5. The second-order valence-electron chi connectivity index (χ2n) is 6.26. The van der Waals surface area contributed by atoms with E-state index in [4.69, 9.17) is 0 Å². The number of rotatable bonds is 4. The number of thiophene rings is 1. The van der Waals surface area contributed by atoms with Crippen LogP contribution in [0.3, 0.4) is 0 Å². The van der Waals surface area contributed by atoms with Crippen molar-refractivity contribution >= 4 is 11.3 Å². The van der Waals surface area contributed by atoms with Crippen LogP contribution in [-0.2, 0) is 13.0 Å². The minimum atomic E-state index is -0.684. The summed E-state index contributed by atoms with van der Waals surface area (Å²) in [6, 6.07) is 6.23. The second kappa shape index (κ2) is 6.97. The predicted octanol–water partition coefficient (Wildman–Crippen LogP) is 3.91. The highest BCUT2D eigenvalue weighted by Gasteiger charge is 2.19. The van der Waals surface area contributed by atoms with Crippen LogP contribution < -0.4 is 5.56 Å². The second-order valence-corrected chi connectivity index (χ2v) is 7.42. The number of nitrogens with zero attached hydrogens (tertiary/aromatic N) is 1. The Morgan fingerprint density at radius 1 is 1.43 bits per heavy atom. The minimum Gasteiger partial charge on any atom is -0.326 e. The topological polar surface area (TPSA) is 36.1 Å². The van der Waals surface area contributed by atoms with Gasteiger partial charge in [0.25, 0.3) is 5.56 Å². The Kier molecular flexibility index (Phi) is 4.97. The molecule has 1 N–H and O–H groups in total. The zero-order chi connectivity index (χ0) is 16.4. The Hall–Kier alpha value is -1.46. The Morgan fingerprint density at radius 2 is 2.26 bits per heavy atom. The molecule has 0 aliphatic carbocycles. The molecule has 3 nitrogen and oxygen atoms in total. The van der Waals surface area contributed by atoms with Crippen molar-refractivity contribution in [3.8, 4) is 10.4 Å². The average Bonchev–Trinajstić information content (AvgIpc) is 2.95. The van der Waals surface area contributed by atoms with Gasteiger partial charge < -0.3 is 4.98 Å². The molecular weight excluding hydrogens is 311 g/mol. The summed E-state index contributed by atoms with van der Waals surface area (Å²) < 4.78 is 13.5. The SMILES string of the molecule is CCc1cc(-c2ccc(CN3CCCC(F)C3)s2)c(C)[nH]c1=O. The molecule has 1 aliphatic heterocycles. The first-order valence-electron chi connectivity index (χ1n) is 8.25. The fourth-order valence-electron chi connectivity index (χ4n) is 3.16. The molecule has 1 atom stereocenters. The number of pyridine rings is 1.